The Balaban J connectivity index is 1.80. The highest BCUT2D eigenvalue weighted by Crippen LogP contribution is 2.36. The van der Waals surface area contributed by atoms with Crippen LogP contribution in [0.2, 0.25) is 0 Å². The number of fused-ring (bicyclic) bond motifs is 1. The molecule has 0 aliphatic rings. The van der Waals surface area contributed by atoms with Crippen LogP contribution >= 0.6 is 0 Å². The predicted octanol–water partition coefficient (Wildman–Crippen LogP) is 5.19. The number of ether oxygens (including phenoxy) is 1. The second-order valence-corrected chi connectivity index (χ2v) is 7.62. The van der Waals surface area contributed by atoms with Gasteiger partial charge in [0.1, 0.15) is 5.75 Å². The van der Waals surface area contributed by atoms with Crippen molar-refractivity contribution in [3.8, 4) is 22.8 Å². The van der Waals surface area contributed by atoms with Crippen LogP contribution in [0, 0.1) is 6.92 Å². The second-order valence-electron chi connectivity index (χ2n) is 7.62. The number of hydrogen-bond donors (Lipinski definition) is 0. The molecule has 2 aromatic carbocycles. The van der Waals surface area contributed by atoms with Crippen LogP contribution in [0.4, 0.5) is 0 Å². The minimum absolute atomic E-state index is 0.0544. The first-order valence-corrected chi connectivity index (χ1v) is 8.99. The van der Waals surface area contributed by atoms with Crippen LogP contribution in [-0.4, -0.2) is 19.8 Å². The highest BCUT2D eigenvalue weighted by Gasteiger charge is 2.17. The third-order valence-corrected chi connectivity index (χ3v) is 4.54. The molecule has 0 amide bonds. The number of rotatable bonds is 3. The van der Waals surface area contributed by atoms with E-state index in [0.29, 0.717) is 11.5 Å². The van der Waals surface area contributed by atoms with Crippen molar-refractivity contribution < 1.29 is 4.74 Å². The Kier molecular flexibility index (Phi) is 4.15. The Morgan fingerprint density at radius 3 is 2.41 bits per heavy atom. The van der Waals surface area contributed by atoms with Crippen LogP contribution in [0.5, 0.6) is 11.6 Å². The largest absolute Gasteiger partial charge is 0.437 e. The van der Waals surface area contributed by atoms with Gasteiger partial charge in [0.15, 0.2) is 11.5 Å². The molecule has 4 aromatic rings. The van der Waals surface area contributed by atoms with Crippen molar-refractivity contribution in [1.82, 2.24) is 19.8 Å². The fourth-order valence-electron chi connectivity index (χ4n) is 2.98. The summed E-state index contributed by atoms with van der Waals surface area (Å²) in [6.45, 7) is 8.50. The van der Waals surface area contributed by atoms with Crippen molar-refractivity contribution in [1.29, 1.82) is 0 Å². The summed E-state index contributed by atoms with van der Waals surface area (Å²) >= 11 is 0. The maximum Gasteiger partial charge on any atom is 0.237 e. The first-order chi connectivity index (χ1) is 12.9. The predicted molar refractivity (Wildman–Crippen MR) is 106 cm³/mol. The van der Waals surface area contributed by atoms with E-state index in [-0.39, 0.29) is 5.41 Å². The maximum absolute atomic E-state index is 6.18. The van der Waals surface area contributed by atoms with E-state index in [9.17, 15) is 0 Å². The van der Waals surface area contributed by atoms with Gasteiger partial charge >= 0.3 is 0 Å². The topological polar surface area (TPSA) is 52.3 Å². The maximum atomic E-state index is 6.18. The van der Waals surface area contributed by atoms with Gasteiger partial charge in [-0.2, -0.15) is 4.52 Å². The normalized spacial score (nSPS) is 11.7. The zero-order valence-corrected chi connectivity index (χ0v) is 16.0. The van der Waals surface area contributed by atoms with Gasteiger partial charge in [-0.15, -0.1) is 15.3 Å². The van der Waals surface area contributed by atoms with Crippen LogP contribution in [0.15, 0.2) is 60.7 Å². The van der Waals surface area contributed by atoms with Crippen molar-refractivity contribution in [2.75, 3.05) is 0 Å². The van der Waals surface area contributed by atoms with Crippen molar-refractivity contribution in [3.63, 3.8) is 0 Å². The first kappa shape index (κ1) is 17.2. The fraction of sp³-hybridized carbons (Fsp3) is 0.227. The lowest BCUT2D eigenvalue weighted by Crippen LogP contribution is -2.11. The van der Waals surface area contributed by atoms with E-state index >= 15 is 0 Å². The highest BCUT2D eigenvalue weighted by atomic mass is 16.5. The molecule has 4 rings (SSSR count). The summed E-state index contributed by atoms with van der Waals surface area (Å²) < 4.78 is 7.86. The molecule has 0 saturated heterocycles. The van der Waals surface area contributed by atoms with Gasteiger partial charge in [-0.1, -0.05) is 57.2 Å². The molecule has 0 atom stereocenters. The van der Waals surface area contributed by atoms with Crippen LogP contribution in [0.3, 0.4) is 0 Å². The van der Waals surface area contributed by atoms with Crippen molar-refractivity contribution in [2.24, 2.45) is 0 Å². The summed E-state index contributed by atoms with van der Waals surface area (Å²) in [4.78, 5) is 0. The Hall–Kier alpha value is -3.21. The number of hydrogen-bond acceptors (Lipinski definition) is 4. The smallest absolute Gasteiger partial charge is 0.237 e. The van der Waals surface area contributed by atoms with Crippen molar-refractivity contribution in [3.05, 3.63) is 72.1 Å². The van der Waals surface area contributed by atoms with Crippen molar-refractivity contribution in [2.45, 2.75) is 33.1 Å². The van der Waals surface area contributed by atoms with Crippen LogP contribution in [-0.2, 0) is 5.41 Å². The lowest BCUT2D eigenvalue weighted by molar-refractivity contribution is 0.452. The monoisotopic (exact) mass is 358 g/mol. The SMILES string of the molecule is Cc1nnc2ccc(Oc3ccc(C(C)(C)C)cc3-c3ccccc3)nn12. The summed E-state index contributed by atoms with van der Waals surface area (Å²) in [5, 5.41) is 12.6. The van der Waals surface area contributed by atoms with Crippen LogP contribution in [0.1, 0.15) is 32.2 Å². The third-order valence-electron chi connectivity index (χ3n) is 4.54. The van der Waals surface area contributed by atoms with Gasteiger partial charge in [0.25, 0.3) is 0 Å². The Morgan fingerprint density at radius 1 is 0.889 bits per heavy atom. The zero-order valence-electron chi connectivity index (χ0n) is 16.0. The summed E-state index contributed by atoms with van der Waals surface area (Å²) in [5.41, 5.74) is 4.17. The van der Waals surface area contributed by atoms with E-state index in [1.165, 1.54) is 5.56 Å². The van der Waals surface area contributed by atoms with Gasteiger partial charge in [0, 0.05) is 11.6 Å². The van der Waals surface area contributed by atoms with Gasteiger partial charge in [-0.3, -0.25) is 0 Å². The van der Waals surface area contributed by atoms with E-state index in [4.69, 9.17) is 4.74 Å². The van der Waals surface area contributed by atoms with Crippen LogP contribution in [0.25, 0.3) is 16.8 Å². The lowest BCUT2D eigenvalue weighted by atomic mass is 9.85. The van der Waals surface area contributed by atoms with Crippen LogP contribution < -0.4 is 4.74 Å². The molecule has 0 aliphatic carbocycles. The van der Waals surface area contributed by atoms with E-state index in [0.717, 1.165) is 22.7 Å². The average Bonchev–Trinajstić information content (AvgIpc) is 3.02. The molecule has 2 aromatic heterocycles. The molecule has 136 valence electrons. The Morgan fingerprint density at radius 2 is 1.67 bits per heavy atom. The minimum atomic E-state index is 0.0544. The van der Waals surface area contributed by atoms with Gasteiger partial charge in [0.2, 0.25) is 5.88 Å². The number of benzene rings is 2. The number of nitrogens with zero attached hydrogens (tertiary/aromatic N) is 4. The Labute approximate surface area is 158 Å². The molecule has 0 N–H and O–H groups in total. The van der Waals surface area contributed by atoms with Gasteiger partial charge in [-0.25, -0.2) is 0 Å². The van der Waals surface area contributed by atoms with Gasteiger partial charge in [0.05, 0.1) is 0 Å². The molecule has 2 heterocycles. The molecule has 0 saturated carbocycles. The van der Waals surface area contributed by atoms with E-state index in [1.54, 1.807) is 4.52 Å². The fourth-order valence-corrected chi connectivity index (χ4v) is 2.98. The van der Waals surface area contributed by atoms with E-state index < -0.39 is 0 Å². The molecule has 0 unspecified atom stereocenters. The molecule has 5 nitrogen and oxygen atoms in total. The molecular formula is C22H22N4O. The highest BCUT2D eigenvalue weighted by molar-refractivity contribution is 5.72. The quantitative estimate of drug-likeness (QED) is 0.506. The molecule has 27 heavy (non-hydrogen) atoms. The minimum Gasteiger partial charge on any atom is -0.437 e. The van der Waals surface area contributed by atoms with Crippen molar-refractivity contribution >= 4 is 5.65 Å². The van der Waals surface area contributed by atoms with Gasteiger partial charge < -0.3 is 4.74 Å². The summed E-state index contributed by atoms with van der Waals surface area (Å²) in [5.74, 6) is 2.00. The molecule has 0 radical (unpaired) electrons. The standard InChI is InChI=1S/C22H22N4O/c1-15-23-24-20-12-13-21(25-26(15)20)27-19-11-10-17(22(2,3)4)14-18(19)16-8-6-5-7-9-16/h5-14H,1-4H3. The molecule has 0 aliphatic heterocycles. The van der Waals surface area contributed by atoms with E-state index in [1.807, 2.05) is 43.3 Å². The summed E-state index contributed by atoms with van der Waals surface area (Å²) in [6.07, 6.45) is 0. The molecule has 5 heteroatoms. The molecule has 0 spiro atoms. The third kappa shape index (κ3) is 3.40. The Bertz CT molecular complexity index is 1090. The molecule has 0 bridgehead atoms. The lowest BCUT2D eigenvalue weighted by Gasteiger charge is -2.21. The average molecular weight is 358 g/mol. The van der Waals surface area contributed by atoms with Gasteiger partial charge in [-0.05, 0) is 41.7 Å². The summed E-state index contributed by atoms with van der Waals surface area (Å²) in [6, 6.07) is 20.3. The number of aryl methyl sites for hydroxylation is 1. The molecule has 0 fully saturated rings. The second kappa shape index (κ2) is 6.50. The molecular weight excluding hydrogens is 336 g/mol. The van der Waals surface area contributed by atoms with E-state index in [2.05, 4.69) is 60.3 Å². The summed E-state index contributed by atoms with van der Waals surface area (Å²) in [7, 11) is 0. The zero-order chi connectivity index (χ0) is 19.0. The number of aromatic nitrogens is 4. The first-order valence-electron chi connectivity index (χ1n) is 8.99.